The number of allylic oxidation sites excluding steroid dienone is 1. The number of carbonyl (C=O) groups excluding carboxylic acids is 3. The third-order valence-corrected chi connectivity index (χ3v) is 7.82. The molecule has 1 atom stereocenters. The maximum atomic E-state index is 12.6. The lowest BCUT2D eigenvalue weighted by atomic mass is 9.95. The van der Waals surface area contributed by atoms with Crippen molar-refractivity contribution in [2.75, 3.05) is 20.3 Å². The maximum Gasteiger partial charge on any atom is 0.338 e. The fraction of sp³-hybridized carbons (Fsp3) is 0.226. The van der Waals surface area contributed by atoms with Crippen molar-refractivity contribution < 1.29 is 33.3 Å². The number of hydrazone groups is 1. The van der Waals surface area contributed by atoms with Gasteiger partial charge >= 0.3 is 12.0 Å². The lowest BCUT2D eigenvalue weighted by Gasteiger charge is -2.28. The van der Waals surface area contributed by atoms with Gasteiger partial charge in [-0.2, -0.15) is 5.10 Å². The first-order valence-electron chi connectivity index (χ1n) is 13.5. The average Bonchev–Trinajstić information content (AvgIpc) is 3.00. The molecule has 3 N–H and O–H groups in total. The van der Waals surface area contributed by atoms with E-state index in [1.807, 2.05) is 24.3 Å². The predicted molar refractivity (Wildman–Crippen MR) is 176 cm³/mol. The highest BCUT2D eigenvalue weighted by Gasteiger charge is 2.32. The van der Waals surface area contributed by atoms with Gasteiger partial charge < -0.3 is 29.6 Å². The van der Waals surface area contributed by atoms with E-state index in [1.165, 1.54) is 13.3 Å². The summed E-state index contributed by atoms with van der Waals surface area (Å²) < 4.78 is 23.8. The molecule has 0 aromatic heterocycles. The molecule has 0 saturated heterocycles. The molecule has 0 radical (unpaired) electrons. The second-order valence-corrected chi connectivity index (χ2v) is 11.6. The van der Waals surface area contributed by atoms with Crippen molar-refractivity contribution in [2.24, 2.45) is 5.10 Å². The van der Waals surface area contributed by atoms with E-state index in [4.69, 9.17) is 30.5 Å². The standard InChI is InChI=1S/C31H29Br2ClN4O7/c1-4-43-30(40)27-17(2)36-31(41)37-28(27)18-9-10-24(25(12-18)42-3)44-16-26(39)38-35-14-20-11-21(32)13-22(33)29(20)45-15-19-7-5-6-8-23(19)34/h5-14,28H,4,15-16H2,1-3H3,(H,38,39)(H2,36,37,41)/b35-14+/t28-/m1/s1. The van der Waals surface area contributed by atoms with E-state index in [0.29, 0.717) is 32.1 Å². The Balaban J connectivity index is 1.42. The average molecular weight is 765 g/mol. The number of ether oxygens (including phenoxy) is 4. The van der Waals surface area contributed by atoms with Crippen LogP contribution >= 0.6 is 43.5 Å². The van der Waals surface area contributed by atoms with Crippen LogP contribution < -0.4 is 30.3 Å². The van der Waals surface area contributed by atoms with Crippen LogP contribution in [-0.2, 0) is 20.9 Å². The highest BCUT2D eigenvalue weighted by Crippen LogP contribution is 2.35. The molecule has 0 unspecified atom stereocenters. The molecule has 3 amide bonds. The number of rotatable bonds is 12. The summed E-state index contributed by atoms with van der Waals surface area (Å²) in [6.45, 7) is 3.35. The van der Waals surface area contributed by atoms with Gasteiger partial charge in [-0.15, -0.1) is 0 Å². The van der Waals surface area contributed by atoms with Gasteiger partial charge in [-0.05, 0) is 65.7 Å². The quantitative estimate of drug-likeness (QED) is 0.114. The molecule has 4 rings (SSSR count). The van der Waals surface area contributed by atoms with Crippen LogP contribution in [0.4, 0.5) is 4.79 Å². The number of nitrogens with zero attached hydrogens (tertiary/aromatic N) is 1. The first-order chi connectivity index (χ1) is 21.6. The molecule has 1 aliphatic heterocycles. The van der Waals surface area contributed by atoms with E-state index in [-0.39, 0.29) is 36.9 Å². The van der Waals surface area contributed by atoms with E-state index in [0.717, 1.165) is 10.0 Å². The van der Waals surface area contributed by atoms with Crippen LogP contribution in [0.1, 0.15) is 36.6 Å². The van der Waals surface area contributed by atoms with E-state index in [9.17, 15) is 14.4 Å². The smallest absolute Gasteiger partial charge is 0.338 e. The second kappa shape index (κ2) is 15.8. The minimum atomic E-state index is -0.782. The van der Waals surface area contributed by atoms with Crippen LogP contribution in [0.25, 0.3) is 0 Å². The van der Waals surface area contributed by atoms with Crippen molar-refractivity contribution in [2.45, 2.75) is 26.5 Å². The Labute approximate surface area is 281 Å². The molecule has 0 aliphatic carbocycles. The minimum absolute atomic E-state index is 0.178. The van der Waals surface area contributed by atoms with Crippen LogP contribution in [0.2, 0.25) is 5.02 Å². The van der Waals surface area contributed by atoms with E-state index in [2.05, 4.69) is 53.0 Å². The maximum absolute atomic E-state index is 12.6. The van der Waals surface area contributed by atoms with Crippen molar-refractivity contribution in [1.82, 2.24) is 16.1 Å². The number of esters is 1. The number of hydrogen-bond donors (Lipinski definition) is 3. The Morgan fingerprint density at radius 3 is 2.60 bits per heavy atom. The van der Waals surface area contributed by atoms with Crippen molar-refractivity contribution in [3.05, 3.63) is 96.5 Å². The fourth-order valence-electron chi connectivity index (χ4n) is 4.35. The molecule has 1 heterocycles. The number of methoxy groups -OCH3 is 1. The zero-order valence-corrected chi connectivity index (χ0v) is 28.3. The highest BCUT2D eigenvalue weighted by molar-refractivity contribution is 9.11. The van der Waals surface area contributed by atoms with E-state index in [1.54, 1.807) is 44.2 Å². The van der Waals surface area contributed by atoms with Gasteiger partial charge in [-0.3, -0.25) is 4.79 Å². The number of nitrogens with one attached hydrogen (secondary N) is 3. The van der Waals surface area contributed by atoms with Gasteiger partial charge in [-0.25, -0.2) is 15.0 Å². The lowest BCUT2D eigenvalue weighted by Crippen LogP contribution is -2.45. The lowest BCUT2D eigenvalue weighted by molar-refractivity contribution is -0.139. The van der Waals surface area contributed by atoms with E-state index >= 15 is 0 Å². The van der Waals surface area contributed by atoms with Crippen LogP contribution in [0.3, 0.4) is 0 Å². The van der Waals surface area contributed by atoms with Crippen molar-refractivity contribution >= 4 is 67.6 Å². The summed E-state index contributed by atoms with van der Waals surface area (Å²) in [5.74, 6) is -0.0162. The number of urea groups is 1. The van der Waals surface area contributed by atoms with Crippen molar-refractivity contribution in [3.8, 4) is 17.2 Å². The Hall–Kier alpha value is -4.07. The zero-order chi connectivity index (χ0) is 32.5. The van der Waals surface area contributed by atoms with Gasteiger partial charge in [0.25, 0.3) is 5.91 Å². The number of hydrogen-bond acceptors (Lipinski definition) is 8. The monoisotopic (exact) mass is 762 g/mol. The predicted octanol–water partition coefficient (Wildman–Crippen LogP) is 6.17. The zero-order valence-electron chi connectivity index (χ0n) is 24.4. The third kappa shape index (κ3) is 8.77. The van der Waals surface area contributed by atoms with Gasteiger partial charge in [0, 0.05) is 26.3 Å². The molecule has 0 saturated carbocycles. The first kappa shape index (κ1) is 33.8. The van der Waals surface area contributed by atoms with Gasteiger partial charge in [0.1, 0.15) is 12.4 Å². The number of carbonyl (C=O) groups is 3. The largest absolute Gasteiger partial charge is 0.493 e. The van der Waals surface area contributed by atoms with Crippen LogP contribution in [0, 0.1) is 0 Å². The normalized spacial score (nSPS) is 14.4. The molecule has 45 heavy (non-hydrogen) atoms. The number of halogens is 3. The van der Waals surface area contributed by atoms with Gasteiger partial charge in [0.15, 0.2) is 18.1 Å². The third-order valence-electron chi connectivity index (χ3n) is 6.40. The number of benzene rings is 3. The Morgan fingerprint density at radius 1 is 1.09 bits per heavy atom. The Morgan fingerprint density at radius 2 is 1.87 bits per heavy atom. The first-order valence-corrected chi connectivity index (χ1v) is 15.5. The number of amides is 3. The van der Waals surface area contributed by atoms with Gasteiger partial charge in [0.2, 0.25) is 0 Å². The summed E-state index contributed by atoms with van der Waals surface area (Å²) in [5.41, 5.74) is 5.05. The van der Waals surface area contributed by atoms with Crippen LogP contribution in [0.5, 0.6) is 17.2 Å². The Kier molecular flexibility index (Phi) is 11.9. The summed E-state index contributed by atoms with van der Waals surface area (Å²) in [4.78, 5) is 37.4. The molecular formula is C31H29Br2ClN4O7. The minimum Gasteiger partial charge on any atom is -0.493 e. The molecule has 14 heteroatoms. The van der Waals surface area contributed by atoms with Crippen molar-refractivity contribution in [3.63, 3.8) is 0 Å². The molecule has 3 aromatic rings. The highest BCUT2D eigenvalue weighted by atomic mass is 79.9. The fourth-order valence-corrected chi connectivity index (χ4v) is 5.91. The molecule has 0 bridgehead atoms. The van der Waals surface area contributed by atoms with Gasteiger partial charge in [-0.1, -0.05) is 51.8 Å². The molecule has 11 nitrogen and oxygen atoms in total. The second-order valence-electron chi connectivity index (χ2n) is 9.47. The SMILES string of the molecule is CCOC(=O)C1=C(C)NC(=O)N[C@@H]1c1ccc(OCC(=O)N/N=C/c2cc(Br)cc(Br)c2OCc2ccccc2Cl)c(OC)c1. The molecule has 1 aliphatic rings. The van der Waals surface area contributed by atoms with Crippen LogP contribution in [-0.4, -0.2) is 44.4 Å². The van der Waals surface area contributed by atoms with Gasteiger partial charge in [0.05, 0.1) is 36.0 Å². The molecule has 0 fully saturated rings. The molecule has 0 spiro atoms. The summed E-state index contributed by atoms with van der Waals surface area (Å²) in [7, 11) is 1.44. The van der Waals surface area contributed by atoms with E-state index < -0.39 is 23.9 Å². The summed E-state index contributed by atoms with van der Waals surface area (Å²) in [6.07, 6.45) is 1.45. The molecule has 3 aromatic carbocycles. The summed E-state index contributed by atoms with van der Waals surface area (Å²) >= 11 is 13.2. The topological polar surface area (TPSA) is 137 Å². The van der Waals surface area contributed by atoms with Crippen LogP contribution in [0.15, 0.2) is 79.9 Å². The molecule has 236 valence electrons. The summed E-state index contributed by atoms with van der Waals surface area (Å²) in [5, 5.41) is 9.98. The Bertz CT molecular complexity index is 1660. The molecular weight excluding hydrogens is 736 g/mol. The van der Waals surface area contributed by atoms with Crippen molar-refractivity contribution in [1.29, 1.82) is 0 Å². The summed E-state index contributed by atoms with van der Waals surface area (Å²) in [6, 6.07) is 14.6.